The average Bonchev–Trinajstić information content (AvgIpc) is 3.80. The van der Waals surface area contributed by atoms with Crippen molar-refractivity contribution in [1.29, 1.82) is 0 Å². The van der Waals surface area contributed by atoms with Crippen LogP contribution in [0.25, 0.3) is 11.1 Å². The Kier molecular flexibility index (Phi) is 8.36. The molecule has 0 saturated heterocycles. The zero-order valence-corrected chi connectivity index (χ0v) is 28.2. The van der Waals surface area contributed by atoms with Gasteiger partial charge in [0, 0.05) is 21.2 Å². The quantitative estimate of drug-likeness (QED) is 0.144. The number of aryl methyl sites for hydroxylation is 2. The molecule has 0 amide bonds. The Bertz CT molecular complexity index is 1830. The highest BCUT2D eigenvalue weighted by molar-refractivity contribution is 7.69. The molecular weight excluding hydrogens is 638 g/mol. The van der Waals surface area contributed by atoms with Crippen molar-refractivity contribution in [1.82, 2.24) is 0 Å². The van der Waals surface area contributed by atoms with Gasteiger partial charge in [0.1, 0.15) is 11.5 Å². The first-order valence-electron chi connectivity index (χ1n) is 15.7. The van der Waals surface area contributed by atoms with Crippen LogP contribution < -0.4 is 49.2 Å². The highest BCUT2D eigenvalue weighted by Gasteiger charge is 2.36. The normalized spacial score (nSPS) is 12.8. The van der Waals surface area contributed by atoms with Gasteiger partial charge in [-0.2, -0.15) is 0 Å². The summed E-state index contributed by atoms with van der Waals surface area (Å²) in [6.07, 6.45) is 0. The van der Waals surface area contributed by atoms with Crippen molar-refractivity contribution in [3.63, 3.8) is 0 Å². The van der Waals surface area contributed by atoms with Crippen LogP contribution in [0.4, 0.5) is 0 Å². The van der Waals surface area contributed by atoms with E-state index in [0.717, 1.165) is 43.5 Å². The summed E-state index contributed by atoms with van der Waals surface area (Å²) in [6, 6.07) is 45.3. The fourth-order valence-electron chi connectivity index (χ4n) is 5.94. The van der Waals surface area contributed by atoms with Gasteiger partial charge in [0.25, 0.3) is 0 Å². The maximum absolute atomic E-state index is 7.24. The van der Waals surface area contributed by atoms with E-state index in [2.05, 4.69) is 48.5 Å². The monoisotopic (exact) mass is 670 g/mol. The Labute approximate surface area is 282 Å². The summed E-state index contributed by atoms with van der Waals surface area (Å²) in [6.45, 7) is 4.28. The Hall–Kier alpha value is -5.02. The molecule has 0 atom stereocenters. The van der Waals surface area contributed by atoms with Gasteiger partial charge in [0.15, 0.2) is 39.3 Å². The van der Waals surface area contributed by atoms with E-state index in [1.54, 1.807) is 0 Å². The van der Waals surface area contributed by atoms with Crippen molar-refractivity contribution in [3.8, 4) is 45.6 Å². The van der Waals surface area contributed by atoms with Gasteiger partial charge >= 0.3 is 0 Å². The van der Waals surface area contributed by atoms with E-state index in [1.165, 1.54) is 0 Å². The lowest BCUT2D eigenvalue weighted by molar-refractivity contribution is 0.172. The van der Waals surface area contributed by atoms with Crippen LogP contribution in [-0.4, -0.2) is 13.6 Å². The molecule has 6 nitrogen and oxygen atoms in total. The number of rotatable bonds is 9. The third-order valence-corrected chi connectivity index (χ3v) is 12.0. The highest BCUT2D eigenvalue weighted by atomic mass is 31.1. The van der Waals surface area contributed by atoms with Gasteiger partial charge in [-0.05, 0) is 37.1 Å². The minimum atomic E-state index is -1.27. The molecule has 6 aromatic rings. The SMILES string of the molecule is Cc1cc2c(c(-c3c(OP(c4ccccc4)c4ccccc4)c(C)cc4c3OCO4)c1OP(c1ccccc1)c1ccccc1)OCO2. The average molecular weight is 671 g/mol. The lowest BCUT2D eigenvalue weighted by Crippen LogP contribution is -2.17. The van der Waals surface area contributed by atoms with Crippen LogP contribution in [0.5, 0.6) is 34.5 Å². The summed E-state index contributed by atoms with van der Waals surface area (Å²) in [5.74, 6) is 3.82. The predicted molar refractivity (Wildman–Crippen MR) is 193 cm³/mol. The predicted octanol–water partition coefficient (Wildman–Crippen LogP) is 8.28. The van der Waals surface area contributed by atoms with Crippen molar-refractivity contribution in [2.45, 2.75) is 13.8 Å². The molecule has 0 aromatic heterocycles. The van der Waals surface area contributed by atoms with E-state index < -0.39 is 16.3 Å². The summed E-state index contributed by atoms with van der Waals surface area (Å²) >= 11 is 0. The summed E-state index contributed by atoms with van der Waals surface area (Å²) < 4.78 is 39.0. The maximum atomic E-state index is 7.24. The topological polar surface area (TPSA) is 55.4 Å². The zero-order valence-electron chi connectivity index (χ0n) is 26.5. The Balaban J connectivity index is 1.36. The van der Waals surface area contributed by atoms with Crippen molar-refractivity contribution in [2.24, 2.45) is 0 Å². The van der Waals surface area contributed by atoms with Crippen molar-refractivity contribution in [3.05, 3.63) is 145 Å². The Morgan fingerprint density at radius 3 is 1.06 bits per heavy atom. The fraction of sp³-hybridized carbons (Fsp3) is 0.100. The zero-order chi connectivity index (χ0) is 32.5. The second-order valence-corrected chi connectivity index (χ2v) is 15.0. The lowest BCUT2D eigenvalue weighted by Gasteiger charge is -2.27. The molecule has 0 spiro atoms. The van der Waals surface area contributed by atoms with E-state index in [-0.39, 0.29) is 13.6 Å². The molecule has 0 aliphatic carbocycles. The standard InChI is InChI=1S/C40H32O6P2/c1-27-23-33-39(43-25-41-33)35(37(27)45-47(29-15-7-3-8-16-29)30-17-9-4-10-18-30)36-38(28(2)24-34-40(36)44-26-42-34)46-48(31-19-11-5-12-20-31)32-21-13-6-14-22-32/h3-24H,25-26H2,1-2H3. The molecule has 48 heavy (non-hydrogen) atoms. The van der Waals surface area contributed by atoms with Gasteiger partial charge in [-0.25, -0.2) is 0 Å². The summed E-state index contributed by atoms with van der Waals surface area (Å²) in [7, 11) is -2.55. The highest BCUT2D eigenvalue weighted by Crippen LogP contribution is 2.60. The van der Waals surface area contributed by atoms with Crippen molar-refractivity contribution < 1.29 is 28.0 Å². The van der Waals surface area contributed by atoms with E-state index in [4.69, 9.17) is 28.0 Å². The van der Waals surface area contributed by atoms with Gasteiger partial charge in [-0.15, -0.1) is 0 Å². The Morgan fingerprint density at radius 2 is 0.750 bits per heavy atom. The smallest absolute Gasteiger partial charge is 0.231 e. The molecule has 238 valence electrons. The first-order valence-corrected chi connectivity index (χ1v) is 18.2. The van der Waals surface area contributed by atoms with Gasteiger partial charge in [-0.1, -0.05) is 121 Å². The summed E-state index contributed by atoms with van der Waals surface area (Å²) in [4.78, 5) is 0. The molecule has 0 unspecified atom stereocenters. The van der Waals surface area contributed by atoms with E-state index in [1.807, 2.05) is 98.8 Å². The van der Waals surface area contributed by atoms with Crippen LogP contribution >= 0.6 is 16.3 Å². The second-order valence-electron chi connectivity index (χ2n) is 11.4. The van der Waals surface area contributed by atoms with Gasteiger partial charge in [-0.3, -0.25) is 0 Å². The number of ether oxygens (including phenoxy) is 4. The Morgan fingerprint density at radius 1 is 0.438 bits per heavy atom. The first-order chi connectivity index (χ1) is 23.7. The molecule has 2 heterocycles. The lowest BCUT2D eigenvalue weighted by atomic mass is 9.96. The maximum Gasteiger partial charge on any atom is 0.231 e. The van der Waals surface area contributed by atoms with Crippen LogP contribution in [0, 0.1) is 13.8 Å². The molecule has 8 heteroatoms. The molecule has 8 rings (SSSR count). The summed E-state index contributed by atoms with van der Waals surface area (Å²) in [5, 5.41) is 4.35. The van der Waals surface area contributed by atoms with Crippen LogP contribution in [0.3, 0.4) is 0 Å². The van der Waals surface area contributed by atoms with Gasteiger partial charge in [0.05, 0.1) is 11.1 Å². The molecule has 0 saturated carbocycles. The number of benzene rings is 6. The molecular formula is C40H32O6P2. The minimum Gasteiger partial charge on any atom is -0.463 e. The molecule has 0 bridgehead atoms. The van der Waals surface area contributed by atoms with Crippen LogP contribution in [-0.2, 0) is 0 Å². The van der Waals surface area contributed by atoms with Crippen molar-refractivity contribution >= 4 is 37.5 Å². The van der Waals surface area contributed by atoms with Gasteiger partial charge < -0.3 is 28.0 Å². The third-order valence-electron chi connectivity index (χ3n) is 8.18. The van der Waals surface area contributed by atoms with E-state index >= 15 is 0 Å². The number of hydrogen-bond donors (Lipinski definition) is 0. The molecule has 0 N–H and O–H groups in total. The molecule has 2 aliphatic heterocycles. The molecule has 2 aliphatic rings. The number of hydrogen-bond acceptors (Lipinski definition) is 6. The van der Waals surface area contributed by atoms with E-state index in [0.29, 0.717) is 34.5 Å². The van der Waals surface area contributed by atoms with Crippen LogP contribution in [0.2, 0.25) is 0 Å². The fourth-order valence-corrected chi connectivity index (χ4v) is 9.57. The van der Waals surface area contributed by atoms with E-state index in [9.17, 15) is 0 Å². The van der Waals surface area contributed by atoms with Crippen LogP contribution in [0.1, 0.15) is 11.1 Å². The first kappa shape index (κ1) is 30.3. The molecule has 6 aromatic carbocycles. The van der Waals surface area contributed by atoms with Gasteiger partial charge in [0.2, 0.25) is 13.6 Å². The largest absolute Gasteiger partial charge is 0.463 e. The second kappa shape index (κ2) is 13.2. The molecule has 0 fully saturated rings. The number of fused-ring (bicyclic) bond motifs is 2. The minimum absolute atomic E-state index is 0.0969. The third kappa shape index (κ3) is 5.72. The van der Waals surface area contributed by atoms with Crippen LogP contribution in [0.15, 0.2) is 133 Å². The molecule has 0 radical (unpaired) electrons. The van der Waals surface area contributed by atoms with Crippen molar-refractivity contribution in [2.75, 3.05) is 13.6 Å². The summed E-state index contributed by atoms with van der Waals surface area (Å²) in [5.41, 5.74) is 3.25.